The molecule has 5 nitrogen and oxygen atoms in total. The third kappa shape index (κ3) is 3.83. The highest BCUT2D eigenvalue weighted by molar-refractivity contribution is 6.34. The Hall–Kier alpha value is -2.79. The monoisotopic (exact) mass is 435 g/mol. The molecule has 160 valence electrons. The first-order valence-corrected chi connectivity index (χ1v) is 11.4. The number of aromatic nitrogens is 1. The van der Waals surface area contributed by atoms with Gasteiger partial charge in [0.1, 0.15) is 5.15 Å². The maximum Gasteiger partial charge on any atom is 0.407 e. The standard InChI is InChI=1S/C25H26ClN3O2/c26-24-21-7-4-8-22-23(21)18(15-27-24)13-14-28(22)19-9-11-20(12-10-19)29(25(30)31)16-17-5-2-1-3-6-17/h1-8,15,19-20H,9-14,16H2,(H,30,31). The van der Waals surface area contributed by atoms with Crippen LogP contribution in [0.3, 0.4) is 0 Å². The van der Waals surface area contributed by atoms with Crippen LogP contribution in [0.25, 0.3) is 10.8 Å². The second-order valence-corrected chi connectivity index (χ2v) is 8.93. The first kappa shape index (κ1) is 20.1. The number of anilines is 1. The number of carboxylic acid groups (broad SMARTS) is 1. The maximum absolute atomic E-state index is 12.0. The van der Waals surface area contributed by atoms with E-state index < -0.39 is 6.09 Å². The molecule has 3 aromatic rings. The van der Waals surface area contributed by atoms with Crippen LogP contribution in [0.1, 0.15) is 36.8 Å². The van der Waals surface area contributed by atoms with Crippen molar-refractivity contribution < 1.29 is 9.90 Å². The molecule has 2 heterocycles. The number of hydrogen-bond donors (Lipinski definition) is 1. The molecule has 6 heteroatoms. The van der Waals surface area contributed by atoms with Gasteiger partial charge in [0.05, 0.1) is 0 Å². The van der Waals surface area contributed by atoms with Crippen molar-refractivity contribution in [3.8, 4) is 0 Å². The van der Waals surface area contributed by atoms with Crippen molar-refractivity contribution in [3.05, 3.63) is 71.0 Å². The number of pyridine rings is 1. The van der Waals surface area contributed by atoms with Gasteiger partial charge in [0, 0.05) is 47.8 Å². The molecule has 1 fully saturated rings. The van der Waals surface area contributed by atoms with E-state index in [1.165, 1.54) is 16.6 Å². The predicted octanol–water partition coefficient (Wildman–Crippen LogP) is 5.74. The van der Waals surface area contributed by atoms with E-state index in [1.807, 2.05) is 42.6 Å². The number of hydrogen-bond acceptors (Lipinski definition) is 3. The van der Waals surface area contributed by atoms with E-state index in [-0.39, 0.29) is 6.04 Å². The van der Waals surface area contributed by atoms with Crippen molar-refractivity contribution in [1.29, 1.82) is 0 Å². The van der Waals surface area contributed by atoms with E-state index in [0.29, 0.717) is 17.7 Å². The normalized spacial score (nSPS) is 20.6. The van der Waals surface area contributed by atoms with Gasteiger partial charge in [0.25, 0.3) is 0 Å². The molecule has 1 amide bonds. The smallest absolute Gasteiger partial charge is 0.407 e. The Balaban J connectivity index is 1.33. The van der Waals surface area contributed by atoms with Gasteiger partial charge in [-0.1, -0.05) is 54.1 Å². The lowest BCUT2D eigenvalue weighted by Crippen LogP contribution is -2.46. The fraction of sp³-hybridized carbons (Fsp3) is 0.360. The number of halogens is 1. The average Bonchev–Trinajstić information content (AvgIpc) is 2.81. The van der Waals surface area contributed by atoms with E-state index in [9.17, 15) is 9.90 Å². The van der Waals surface area contributed by atoms with Gasteiger partial charge in [0.2, 0.25) is 0 Å². The van der Waals surface area contributed by atoms with Gasteiger partial charge in [-0.15, -0.1) is 0 Å². The van der Waals surface area contributed by atoms with E-state index >= 15 is 0 Å². The van der Waals surface area contributed by atoms with Gasteiger partial charge in [-0.25, -0.2) is 9.78 Å². The minimum atomic E-state index is -0.828. The summed E-state index contributed by atoms with van der Waals surface area (Å²) >= 11 is 6.37. The summed E-state index contributed by atoms with van der Waals surface area (Å²) in [7, 11) is 0. The van der Waals surface area contributed by atoms with Crippen LogP contribution in [0.4, 0.5) is 10.5 Å². The lowest BCUT2D eigenvalue weighted by molar-refractivity contribution is 0.104. The van der Waals surface area contributed by atoms with Gasteiger partial charge in [0.15, 0.2) is 0 Å². The summed E-state index contributed by atoms with van der Waals surface area (Å²) in [5.41, 5.74) is 3.54. The van der Waals surface area contributed by atoms with Crippen LogP contribution in [0, 0.1) is 0 Å². The Bertz CT molecular complexity index is 1100. The molecule has 2 aromatic carbocycles. The van der Waals surface area contributed by atoms with Gasteiger partial charge in [-0.3, -0.25) is 0 Å². The molecule has 0 unspecified atom stereocenters. The van der Waals surface area contributed by atoms with Crippen molar-refractivity contribution in [2.24, 2.45) is 0 Å². The predicted molar refractivity (Wildman–Crippen MR) is 124 cm³/mol. The van der Waals surface area contributed by atoms with Crippen molar-refractivity contribution in [2.75, 3.05) is 11.4 Å². The highest BCUT2D eigenvalue weighted by Gasteiger charge is 2.33. The van der Waals surface area contributed by atoms with E-state index in [4.69, 9.17) is 11.6 Å². The van der Waals surface area contributed by atoms with Gasteiger partial charge >= 0.3 is 6.09 Å². The summed E-state index contributed by atoms with van der Waals surface area (Å²) in [5, 5.41) is 12.6. The molecule has 0 spiro atoms. The first-order chi connectivity index (χ1) is 15.1. The zero-order valence-electron chi connectivity index (χ0n) is 17.4. The minimum absolute atomic E-state index is 0.0699. The van der Waals surface area contributed by atoms with Crippen LogP contribution in [0.15, 0.2) is 54.7 Å². The summed E-state index contributed by atoms with van der Waals surface area (Å²) < 4.78 is 0. The summed E-state index contributed by atoms with van der Waals surface area (Å²) in [5.74, 6) is 0. The molecule has 1 aliphatic heterocycles. The zero-order valence-corrected chi connectivity index (χ0v) is 18.1. The topological polar surface area (TPSA) is 56.7 Å². The van der Waals surface area contributed by atoms with Crippen LogP contribution in [-0.2, 0) is 13.0 Å². The van der Waals surface area contributed by atoms with Crippen LogP contribution < -0.4 is 4.90 Å². The number of nitrogens with zero attached hydrogens (tertiary/aromatic N) is 3. The fourth-order valence-corrected chi connectivity index (χ4v) is 5.51. The number of carbonyl (C=O) groups is 1. The van der Waals surface area contributed by atoms with Crippen LogP contribution in [0.2, 0.25) is 5.15 Å². The van der Waals surface area contributed by atoms with E-state index in [2.05, 4.69) is 22.0 Å². The zero-order chi connectivity index (χ0) is 21.4. The van der Waals surface area contributed by atoms with Crippen molar-refractivity contribution in [3.63, 3.8) is 0 Å². The lowest BCUT2D eigenvalue weighted by Gasteiger charge is -2.43. The second-order valence-electron chi connectivity index (χ2n) is 8.58. The van der Waals surface area contributed by atoms with E-state index in [1.54, 1.807) is 4.90 Å². The van der Waals surface area contributed by atoms with E-state index in [0.717, 1.165) is 49.6 Å². The summed E-state index contributed by atoms with van der Waals surface area (Å²) in [4.78, 5) is 20.5. The van der Waals surface area contributed by atoms with Gasteiger partial charge < -0.3 is 14.9 Å². The van der Waals surface area contributed by atoms with Gasteiger partial charge in [-0.2, -0.15) is 0 Å². The molecule has 0 bridgehead atoms. The number of amides is 1. The van der Waals surface area contributed by atoms with Crippen LogP contribution in [-0.4, -0.2) is 39.7 Å². The van der Waals surface area contributed by atoms with Gasteiger partial charge in [-0.05, 0) is 49.3 Å². The Kier molecular flexibility index (Phi) is 5.45. The molecule has 0 saturated heterocycles. The molecule has 1 saturated carbocycles. The van der Waals surface area contributed by atoms with Crippen molar-refractivity contribution in [2.45, 2.75) is 50.7 Å². The average molecular weight is 436 g/mol. The first-order valence-electron chi connectivity index (χ1n) is 11.0. The summed E-state index contributed by atoms with van der Waals surface area (Å²) in [6.07, 6.45) is 5.82. The molecule has 0 radical (unpaired) electrons. The summed E-state index contributed by atoms with van der Waals surface area (Å²) in [6, 6.07) is 16.7. The third-order valence-corrected chi connectivity index (χ3v) is 7.14. The highest BCUT2D eigenvalue weighted by atomic mass is 35.5. The Morgan fingerprint density at radius 1 is 1.10 bits per heavy atom. The van der Waals surface area contributed by atoms with Crippen LogP contribution in [0.5, 0.6) is 0 Å². The lowest BCUT2D eigenvalue weighted by atomic mass is 9.87. The fourth-order valence-electron chi connectivity index (χ4n) is 5.30. The Morgan fingerprint density at radius 2 is 1.87 bits per heavy atom. The largest absolute Gasteiger partial charge is 0.465 e. The molecule has 1 N–H and O–H groups in total. The molecular formula is C25H26ClN3O2. The molecule has 1 aliphatic carbocycles. The second kappa shape index (κ2) is 8.39. The number of benzene rings is 2. The van der Waals surface area contributed by atoms with Crippen molar-refractivity contribution in [1.82, 2.24) is 9.88 Å². The molecule has 0 atom stereocenters. The molecular weight excluding hydrogens is 410 g/mol. The quantitative estimate of drug-likeness (QED) is 0.531. The Morgan fingerprint density at radius 3 is 2.61 bits per heavy atom. The Labute approximate surface area is 187 Å². The minimum Gasteiger partial charge on any atom is -0.465 e. The van der Waals surface area contributed by atoms with Crippen molar-refractivity contribution >= 4 is 34.2 Å². The van der Waals surface area contributed by atoms with Crippen LogP contribution >= 0.6 is 11.6 Å². The molecule has 2 aliphatic rings. The highest BCUT2D eigenvalue weighted by Crippen LogP contribution is 2.40. The SMILES string of the molecule is O=C(O)N(Cc1ccccc1)C1CCC(N2CCc3cnc(Cl)c4cccc2c34)CC1. The summed E-state index contributed by atoms with van der Waals surface area (Å²) in [6.45, 7) is 1.42. The molecule has 1 aromatic heterocycles. The third-order valence-electron chi connectivity index (χ3n) is 6.84. The maximum atomic E-state index is 12.0. The molecule has 5 rings (SSSR count). The number of rotatable bonds is 4. The molecule has 31 heavy (non-hydrogen) atoms.